The molecule has 1 aromatic heterocycles. The van der Waals surface area contributed by atoms with Gasteiger partial charge in [0.15, 0.2) is 0 Å². The zero-order valence-electron chi connectivity index (χ0n) is 15.8. The zero-order chi connectivity index (χ0) is 19.5. The third kappa shape index (κ3) is 3.47. The number of para-hydroxylation sites is 3. The number of hydrogen-bond donors (Lipinski definition) is 1. The zero-order valence-corrected chi connectivity index (χ0v) is 15.8. The molecule has 0 unspecified atom stereocenters. The van der Waals surface area contributed by atoms with Crippen LogP contribution in [-0.2, 0) is 11.3 Å². The van der Waals surface area contributed by atoms with Gasteiger partial charge in [-0.05, 0) is 55.0 Å². The van der Waals surface area contributed by atoms with Crippen molar-refractivity contribution < 1.29 is 9.53 Å². The number of anilines is 1. The van der Waals surface area contributed by atoms with Gasteiger partial charge in [-0.25, -0.2) is 4.98 Å². The van der Waals surface area contributed by atoms with Crippen LogP contribution in [0.2, 0.25) is 0 Å². The van der Waals surface area contributed by atoms with Crippen LogP contribution < -0.4 is 10.1 Å². The van der Waals surface area contributed by atoms with Crippen LogP contribution in [0.4, 0.5) is 5.69 Å². The number of amides is 1. The highest BCUT2D eigenvalue weighted by molar-refractivity contribution is 5.93. The van der Waals surface area contributed by atoms with Gasteiger partial charge in [0.2, 0.25) is 5.91 Å². The first-order chi connectivity index (χ1) is 13.7. The lowest BCUT2D eigenvalue weighted by Gasteiger charge is -2.12. The largest absolute Gasteiger partial charge is 0.497 e. The topological polar surface area (TPSA) is 56.2 Å². The minimum Gasteiger partial charge on any atom is -0.497 e. The minimum absolute atomic E-state index is 0.0905. The molecule has 140 valence electrons. The fourth-order valence-corrected chi connectivity index (χ4v) is 3.24. The van der Waals surface area contributed by atoms with Crippen LogP contribution >= 0.6 is 0 Å². The first kappa shape index (κ1) is 17.8. The predicted molar refractivity (Wildman–Crippen MR) is 112 cm³/mol. The number of aromatic nitrogens is 2. The van der Waals surface area contributed by atoms with Crippen LogP contribution in [0.1, 0.15) is 5.56 Å². The fourth-order valence-electron chi connectivity index (χ4n) is 3.24. The van der Waals surface area contributed by atoms with Crippen molar-refractivity contribution in [2.24, 2.45) is 0 Å². The van der Waals surface area contributed by atoms with Gasteiger partial charge >= 0.3 is 0 Å². The molecular weight excluding hydrogens is 350 g/mol. The average Bonchev–Trinajstić information content (AvgIpc) is 3.08. The number of fused-ring (bicyclic) bond motifs is 1. The van der Waals surface area contributed by atoms with E-state index in [0.717, 1.165) is 39.4 Å². The third-order valence-electron chi connectivity index (χ3n) is 4.72. The highest BCUT2D eigenvalue weighted by Crippen LogP contribution is 2.26. The first-order valence-electron chi connectivity index (χ1n) is 9.11. The number of hydrogen-bond acceptors (Lipinski definition) is 3. The maximum Gasteiger partial charge on any atom is 0.244 e. The molecule has 0 aliphatic rings. The normalized spacial score (nSPS) is 10.8. The van der Waals surface area contributed by atoms with Crippen LogP contribution in [0, 0.1) is 6.92 Å². The molecule has 0 saturated heterocycles. The molecule has 0 aliphatic carbocycles. The van der Waals surface area contributed by atoms with Gasteiger partial charge in [-0.2, -0.15) is 0 Å². The molecule has 0 bridgehead atoms. The van der Waals surface area contributed by atoms with E-state index in [9.17, 15) is 4.79 Å². The quantitative estimate of drug-likeness (QED) is 0.555. The van der Waals surface area contributed by atoms with Crippen molar-refractivity contribution >= 4 is 22.6 Å². The van der Waals surface area contributed by atoms with E-state index in [1.165, 1.54) is 0 Å². The number of imidazole rings is 1. The van der Waals surface area contributed by atoms with Gasteiger partial charge in [-0.15, -0.1) is 0 Å². The summed E-state index contributed by atoms with van der Waals surface area (Å²) in [6.07, 6.45) is 0. The number of nitrogens with zero attached hydrogens (tertiary/aromatic N) is 2. The van der Waals surface area contributed by atoms with Crippen molar-refractivity contribution in [2.75, 3.05) is 12.4 Å². The summed E-state index contributed by atoms with van der Waals surface area (Å²) >= 11 is 0. The van der Waals surface area contributed by atoms with Crippen LogP contribution in [0.3, 0.4) is 0 Å². The Morgan fingerprint density at radius 2 is 1.71 bits per heavy atom. The molecule has 0 aliphatic heterocycles. The Bertz CT molecular complexity index is 1130. The van der Waals surface area contributed by atoms with E-state index in [4.69, 9.17) is 9.72 Å². The van der Waals surface area contributed by atoms with Crippen LogP contribution in [0.25, 0.3) is 22.4 Å². The summed E-state index contributed by atoms with van der Waals surface area (Å²) in [6, 6.07) is 23.3. The average molecular weight is 371 g/mol. The van der Waals surface area contributed by atoms with E-state index in [-0.39, 0.29) is 12.5 Å². The highest BCUT2D eigenvalue weighted by Gasteiger charge is 2.15. The third-order valence-corrected chi connectivity index (χ3v) is 4.72. The molecule has 0 spiro atoms. The van der Waals surface area contributed by atoms with Crippen LogP contribution in [0.15, 0.2) is 72.8 Å². The number of aryl methyl sites for hydroxylation is 1. The highest BCUT2D eigenvalue weighted by atomic mass is 16.5. The molecule has 5 nitrogen and oxygen atoms in total. The smallest absolute Gasteiger partial charge is 0.244 e. The molecule has 0 atom stereocenters. The fraction of sp³-hybridized carbons (Fsp3) is 0.130. The SMILES string of the molecule is COc1ccc(-c2nc3ccccc3n2CC(=O)Nc2ccccc2C)cc1. The van der Waals surface area contributed by atoms with Crippen molar-refractivity contribution in [3.63, 3.8) is 0 Å². The van der Waals surface area contributed by atoms with Gasteiger partial charge < -0.3 is 14.6 Å². The van der Waals surface area contributed by atoms with Gasteiger partial charge in [0, 0.05) is 11.3 Å². The molecule has 0 radical (unpaired) electrons. The molecule has 5 heteroatoms. The van der Waals surface area contributed by atoms with Crippen LogP contribution in [0.5, 0.6) is 5.75 Å². The Hall–Kier alpha value is -3.60. The molecule has 28 heavy (non-hydrogen) atoms. The van der Waals surface area contributed by atoms with E-state index in [0.29, 0.717) is 0 Å². The molecule has 1 amide bonds. The molecule has 4 aromatic rings. The Kier molecular flexibility index (Phi) is 4.81. The van der Waals surface area contributed by atoms with Crippen molar-refractivity contribution in [1.82, 2.24) is 9.55 Å². The second-order valence-electron chi connectivity index (χ2n) is 6.60. The second kappa shape index (κ2) is 7.56. The Morgan fingerprint density at radius 1 is 1.00 bits per heavy atom. The number of ether oxygens (including phenoxy) is 1. The minimum atomic E-state index is -0.0905. The van der Waals surface area contributed by atoms with Gasteiger partial charge in [-0.1, -0.05) is 30.3 Å². The van der Waals surface area contributed by atoms with Crippen molar-refractivity contribution in [2.45, 2.75) is 13.5 Å². The number of benzene rings is 3. The standard InChI is InChI=1S/C23H21N3O2/c1-16-7-3-4-8-19(16)24-22(27)15-26-21-10-6-5-9-20(21)25-23(26)17-11-13-18(28-2)14-12-17/h3-14H,15H2,1-2H3,(H,24,27). The van der Waals surface area contributed by atoms with Crippen LogP contribution in [-0.4, -0.2) is 22.6 Å². The number of carbonyl (C=O) groups excluding carboxylic acids is 1. The van der Waals surface area contributed by atoms with Crippen molar-refractivity contribution in [3.05, 3.63) is 78.4 Å². The van der Waals surface area contributed by atoms with Gasteiger partial charge in [0.1, 0.15) is 18.1 Å². The van der Waals surface area contributed by atoms with E-state index in [1.807, 2.05) is 84.3 Å². The monoisotopic (exact) mass is 371 g/mol. The number of methoxy groups -OCH3 is 1. The predicted octanol–water partition coefficient (Wildman–Crippen LogP) is 4.66. The lowest BCUT2D eigenvalue weighted by Crippen LogP contribution is -2.19. The van der Waals surface area contributed by atoms with Gasteiger partial charge in [0.25, 0.3) is 0 Å². The lowest BCUT2D eigenvalue weighted by molar-refractivity contribution is -0.116. The molecule has 4 rings (SSSR count). The molecule has 0 fully saturated rings. The number of nitrogens with one attached hydrogen (secondary N) is 1. The molecule has 0 saturated carbocycles. The maximum atomic E-state index is 12.8. The van der Waals surface area contributed by atoms with E-state index >= 15 is 0 Å². The second-order valence-corrected chi connectivity index (χ2v) is 6.60. The molecule has 1 N–H and O–H groups in total. The van der Waals surface area contributed by atoms with Gasteiger partial charge in [0.05, 0.1) is 18.1 Å². The summed E-state index contributed by atoms with van der Waals surface area (Å²) < 4.78 is 7.19. The molecule has 1 heterocycles. The summed E-state index contributed by atoms with van der Waals surface area (Å²) in [4.78, 5) is 17.5. The van der Waals surface area contributed by atoms with Crippen molar-refractivity contribution in [1.29, 1.82) is 0 Å². The summed E-state index contributed by atoms with van der Waals surface area (Å²) in [5.74, 6) is 1.44. The molecule has 3 aromatic carbocycles. The van der Waals surface area contributed by atoms with E-state index in [1.54, 1.807) is 7.11 Å². The van der Waals surface area contributed by atoms with Crippen molar-refractivity contribution in [3.8, 4) is 17.1 Å². The van der Waals surface area contributed by atoms with E-state index < -0.39 is 0 Å². The number of carbonyl (C=O) groups is 1. The van der Waals surface area contributed by atoms with Gasteiger partial charge in [-0.3, -0.25) is 4.79 Å². The Morgan fingerprint density at radius 3 is 2.46 bits per heavy atom. The summed E-state index contributed by atoms with van der Waals surface area (Å²) in [7, 11) is 1.64. The molecular formula is C23H21N3O2. The summed E-state index contributed by atoms with van der Waals surface area (Å²) in [5.41, 5.74) is 4.57. The Balaban J connectivity index is 1.70. The summed E-state index contributed by atoms with van der Waals surface area (Å²) in [5, 5.41) is 3.00. The summed E-state index contributed by atoms with van der Waals surface area (Å²) in [6.45, 7) is 2.15. The maximum absolute atomic E-state index is 12.8. The number of rotatable bonds is 5. The lowest BCUT2D eigenvalue weighted by atomic mass is 10.2. The van der Waals surface area contributed by atoms with E-state index in [2.05, 4.69) is 5.32 Å². The Labute approximate surface area is 163 Å². The first-order valence-corrected chi connectivity index (χ1v) is 9.11.